The molecule has 2 aromatic carbocycles. The number of hydrogen-bond acceptors (Lipinski definition) is 4. The Morgan fingerprint density at radius 3 is 2.60 bits per heavy atom. The summed E-state index contributed by atoms with van der Waals surface area (Å²) in [4.78, 5) is 12.1. The van der Waals surface area contributed by atoms with Gasteiger partial charge in [0.05, 0.1) is 11.3 Å². The van der Waals surface area contributed by atoms with Gasteiger partial charge in [0.15, 0.2) is 5.11 Å². The maximum atomic E-state index is 12.1. The van der Waals surface area contributed by atoms with Gasteiger partial charge in [-0.25, -0.2) is 4.79 Å². The van der Waals surface area contributed by atoms with Gasteiger partial charge in [0.1, 0.15) is 5.58 Å². The third-order valence-electron chi connectivity index (χ3n) is 3.67. The van der Waals surface area contributed by atoms with Crippen molar-refractivity contribution in [3.8, 4) is 0 Å². The van der Waals surface area contributed by atoms with Crippen LogP contribution in [0.4, 0.5) is 5.69 Å². The SMILES string of the molecule is C/C(=N/NC(=S)Nc1ccc(C)cc1)c1cc2ccccc2oc1=O. The minimum atomic E-state index is -0.431. The fraction of sp³-hybridized carbons (Fsp3) is 0.105. The Kier molecular flexibility index (Phi) is 4.90. The average molecular weight is 351 g/mol. The minimum absolute atomic E-state index is 0.341. The predicted molar refractivity (Wildman–Crippen MR) is 105 cm³/mol. The lowest BCUT2D eigenvalue weighted by Crippen LogP contribution is -2.25. The molecule has 5 nitrogen and oxygen atoms in total. The molecule has 0 aliphatic rings. The van der Waals surface area contributed by atoms with Crippen molar-refractivity contribution in [1.29, 1.82) is 0 Å². The second-order valence-electron chi connectivity index (χ2n) is 5.61. The smallest absolute Gasteiger partial charge is 0.345 e. The van der Waals surface area contributed by atoms with Gasteiger partial charge in [0.2, 0.25) is 0 Å². The summed E-state index contributed by atoms with van der Waals surface area (Å²) in [5.74, 6) is 0. The highest BCUT2D eigenvalue weighted by molar-refractivity contribution is 7.80. The molecule has 0 aliphatic heterocycles. The molecule has 0 saturated carbocycles. The molecule has 25 heavy (non-hydrogen) atoms. The van der Waals surface area contributed by atoms with E-state index in [0.29, 0.717) is 22.0 Å². The van der Waals surface area contributed by atoms with Crippen molar-refractivity contribution in [1.82, 2.24) is 5.43 Å². The molecule has 0 bridgehead atoms. The summed E-state index contributed by atoms with van der Waals surface area (Å²) in [5.41, 5.74) is 5.78. The first-order chi connectivity index (χ1) is 12.0. The topological polar surface area (TPSA) is 66.6 Å². The van der Waals surface area contributed by atoms with Crippen molar-refractivity contribution >= 4 is 39.7 Å². The molecule has 2 N–H and O–H groups in total. The molecule has 0 radical (unpaired) electrons. The van der Waals surface area contributed by atoms with Crippen LogP contribution in [0.2, 0.25) is 0 Å². The van der Waals surface area contributed by atoms with Gasteiger partial charge in [-0.2, -0.15) is 5.10 Å². The van der Waals surface area contributed by atoms with Gasteiger partial charge in [-0.1, -0.05) is 35.9 Å². The summed E-state index contributed by atoms with van der Waals surface area (Å²) < 4.78 is 5.31. The molecule has 3 aromatic rings. The van der Waals surface area contributed by atoms with Gasteiger partial charge in [0.25, 0.3) is 0 Å². The quantitative estimate of drug-likeness (QED) is 0.325. The Morgan fingerprint density at radius 2 is 1.84 bits per heavy atom. The van der Waals surface area contributed by atoms with E-state index in [4.69, 9.17) is 16.6 Å². The molecule has 3 rings (SSSR count). The molecule has 0 unspecified atom stereocenters. The van der Waals surface area contributed by atoms with E-state index in [1.165, 1.54) is 5.56 Å². The maximum absolute atomic E-state index is 12.1. The molecule has 0 saturated heterocycles. The normalized spacial score (nSPS) is 11.4. The Bertz CT molecular complexity index is 1010. The van der Waals surface area contributed by atoms with Gasteiger partial charge >= 0.3 is 5.63 Å². The summed E-state index contributed by atoms with van der Waals surface area (Å²) in [5, 5.41) is 8.39. The fourth-order valence-electron chi connectivity index (χ4n) is 2.30. The zero-order valence-corrected chi connectivity index (χ0v) is 14.7. The third-order valence-corrected chi connectivity index (χ3v) is 3.86. The van der Waals surface area contributed by atoms with Gasteiger partial charge in [0, 0.05) is 11.1 Å². The van der Waals surface area contributed by atoms with E-state index in [1.807, 2.05) is 49.4 Å². The fourth-order valence-corrected chi connectivity index (χ4v) is 2.47. The number of nitrogens with zero attached hydrogens (tertiary/aromatic N) is 1. The number of rotatable bonds is 3. The number of benzene rings is 2. The van der Waals surface area contributed by atoms with E-state index in [2.05, 4.69) is 15.8 Å². The van der Waals surface area contributed by atoms with Crippen molar-refractivity contribution < 1.29 is 4.42 Å². The minimum Gasteiger partial charge on any atom is -0.422 e. The van der Waals surface area contributed by atoms with Crippen LogP contribution in [-0.4, -0.2) is 10.8 Å². The molecule has 0 amide bonds. The lowest BCUT2D eigenvalue weighted by molar-refractivity contribution is 0.559. The van der Waals surface area contributed by atoms with Crippen molar-refractivity contribution in [3.05, 3.63) is 76.1 Å². The largest absolute Gasteiger partial charge is 0.422 e. The molecule has 126 valence electrons. The highest BCUT2D eigenvalue weighted by Crippen LogP contribution is 2.13. The summed E-state index contributed by atoms with van der Waals surface area (Å²) in [6.07, 6.45) is 0. The van der Waals surface area contributed by atoms with Crippen LogP contribution in [0.25, 0.3) is 11.0 Å². The van der Waals surface area contributed by atoms with Gasteiger partial charge in [-0.3, -0.25) is 5.43 Å². The Balaban J connectivity index is 1.75. The van der Waals surface area contributed by atoms with E-state index in [1.54, 1.807) is 19.1 Å². The second-order valence-corrected chi connectivity index (χ2v) is 6.02. The van der Waals surface area contributed by atoms with Crippen LogP contribution in [-0.2, 0) is 0 Å². The Hall–Kier alpha value is -2.99. The maximum Gasteiger partial charge on any atom is 0.345 e. The first kappa shape index (κ1) is 16.9. The molecule has 6 heteroatoms. The van der Waals surface area contributed by atoms with Crippen LogP contribution in [0.1, 0.15) is 18.1 Å². The van der Waals surface area contributed by atoms with Crippen LogP contribution in [0.3, 0.4) is 0 Å². The number of hydrogen-bond donors (Lipinski definition) is 2. The summed E-state index contributed by atoms with van der Waals surface area (Å²) in [6, 6.07) is 16.9. The van der Waals surface area contributed by atoms with Crippen molar-refractivity contribution in [3.63, 3.8) is 0 Å². The number of thiocarbonyl (C=S) groups is 1. The molecule has 0 aliphatic carbocycles. The first-order valence-corrected chi connectivity index (χ1v) is 8.15. The third kappa shape index (κ3) is 4.10. The lowest BCUT2D eigenvalue weighted by Gasteiger charge is -2.08. The highest BCUT2D eigenvalue weighted by atomic mass is 32.1. The van der Waals surface area contributed by atoms with Crippen LogP contribution in [0.5, 0.6) is 0 Å². The van der Waals surface area contributed by atoms with Gasteiger partial charge in [-0.05, 0) is 50.3 Å². The lowest BCUT2D eigenvalue weighted by atomic mass is 10.1. The Morgan fingerprint density at radius 1 is 1.12 bits per heavy atom. The van der Waals surface area contributed by atoms with E-state index >= 15 is 0 Å². The van der Waals surface area contributed by atoms with E-state index in [-0.39, 0.29) is 0 Å². The summed E-state index contributed by atoms with van der Waals surface area (Å²) >= 11 is 5.22. The zero-order valence-electron chi connectivity index (χ0n) is 13.9. The Labute approximate surface area is 150 Å². The number of hydrazone groups is 1. The van der Waals surface area contributed by atoms with Crippen LogP contribution < -0.4 is 16.4 Å². The van der Waals surface area contributed by atoms with Gasteiger partial charge in [-0.15, -0.1) is 0 Å². The average Bonchev–Trinajstić information content (AvgIpc) is 2.61. The van der Waals surface area contributed by atoms with Crippen LogP contribution >= 0.6 is 12.2 Å². The van der Waals surface area contributed by atoms with Crippen LogP contribution in [0, 0.1) is 6.92 Å². The molecule has 0 atom stereocenters. The molecular weight excluding hydrogens is 334 g/mol. The van der Waals surface area contributed by atoms with E-state index in [9.17, 15) is 4.79 Å². The molecular formula is C19H17N3O2S. The van der Waals surface area contributed by atoms with Crippen molar-refractivity contribution in [2.24, 2.45) is 5.10 Å². The summed E-state index contributed by atoms with van der Waals surface area (Å²) in [7, 11) is 0. The molecule has 0 spiro atoms. The number of anilines is 1. The molecule has 0 fully saturated rings. The number of nitrogens with one attached hydrogen (secondary N) is 2. The second kappa shape index (κ2) is 7.27. The summed E-state index contributed by atoms with van der Waals surface area (Å²) in [6.45, 7) is 3.74. The first-order valence-electron chi connectivity index (χ1n) is 7.74. The monoisotopic (exact) mass is 351 g/mol. The number of para-hydroxylation sites is 1. The molecule has 1 heterocycles. The van der Waals surface area contributed by atoms with Crippen molar-refractivity contribution in [2.75, 3.05) is 5.32 Å². The molecule has 1 aromatic heterocycles. The van der Waals surface area contributed by atoms with Crippen molar-refractivity contribution in [2.45, 2.75) is 13.8 Å². The van der Waals surface area contributed by atoms with E-state index < -0.39 is 5.63 Å². The number of aryl methyl sites for hydroxylation is 1. The number of fused-ring (bicyclic) bond motifs is 1. The standard InChI is InChI=1S/C19H17N3O2S/c1-12-7-9-15(10-8-12)20-19(25)22-21-13(2)16-11-14-5-3-4-6-17(14)24-18(16)23/h3-11H,1-2H3,(H2,20,22,25)/b21-13-. The van der Waals surface area contributed by atoms with Gasteiger partial charge < -0.3 is 9.73 Å². The predicted octanol–water partition coefficient (Wildman–Crippen LogP) is 3.81. The van der Waals surface area contributed by atoms with E-state index in [0.717, 1.165) is 11.1 Å². The zero-order chi connectivity index (χ0) is 17.8. The highest BCUT2D eigenvalue weighted by Gasteiger charge is 2.08. The van der Waals surface area contributed by atoms with Crippen LogP contribution in [0.15, 0.2) is 68.9 Å².